The Morgan fingerprint density at radius 2 is 2.05 bits per heavy atom. The van der Waals surface area contributed by atoms with Crippen molar-refractivity contribution in [3.8, 4) is 5.75 Å². The minimum Gasteiger partial charge on any atom is -0.480 e. The van der Waals surface area contributed by atoms with Crippen LogP contribution in [-0.2, 0) is 4.79 Å². The van der Waals surface area contributed by atoms with E-state index < -0.39 is 6.10 Å². The van der Waals surface area contributed by atoms with Crippen molar-refractivity contribution < 1.29 is 9.53 Å². The van der Waals surface area contributed by atoms with Gasteiger partial charge in [-0.1, -0.05) is 25.3 Å². The van der Waals surface area contributed by atoms with Crippen LogP contribution in [0.1, 0.15) is 44.6 Å². The van der Waals surface area contributed by atoms with Gasteiger partial charge < -0.3 is 10.1 Å². The lowest BCUT2D eigenvalue weighted by molar-refractivity contribution is -0.128. The number of nitrogens with one attached hydrogen (secondary N) is 1. The highest BCUT2D eigenvalue weighted by Gasteiger charge is 2.21. The predicted octanol–water partition coefficient (Wildman–Crippen LogP) is 3.97. The summed E-state index contributed by atoms with van der Waals surface area (Å²) in [6, 6.07) is 6.18. The van der Waals surface area contributed by atoms with Crippen LogP contribution in [0.4, 0.5) is 0 Å². The monoisotopic (exact) mass is 339 g/mol. The van der Waals surface area contributed by atoms with Crippen molar-refractivity contribution in [1.82, 2.24) is 5.32 Å². The number of amides is 1. The molecule has 3 nitrogen and oxygen atoms in total. The highest BCUT2D eigenvalue weighted by Crippen LogP contribution is 2.26. The van der Waals surface area contributed by atoms with E-state index in [9.17, 15) is 4.79 Å². The zero-order chi connectivity index (χ0) is 14.5. The highest BCUT2D eigenvalue weighted by atomic mass is 79.9. The van der Waals surface area contributed by atoms with Crippen molar-refractivity contribution in [3.05, 3.63) is 28.2 Å². The zero-order valence-electron chi connectivity index (χ0n) is 12.1. The fourth-order valence-electron chi connectivity index (χ4n) is 2.51. The number of benzene rings is 1. The second-order valence-corrected chi connectivity index (χ2v) is 6.39. The molecular formula is C16H22BrNO2. The van der Waals surface area contributed by atoms with Gasteiger partial charge in [-0.25, -0.2) is 0 Å². The largest absolute Gasteiger partial charge is 0.480 e. The minimum absolute atomic E-state index is 0.0237. The SMILES string of the molecule is Cc1ccc(OC(C)C(=O)NC2CCCCC2)c(Br)c1. The average Bonchev–Trinajstić information content (AvgIpc) is 2.43. The molecule has 1 saturated carbocycles. The molecule has 1 unspecified atom stereocenters. The maximum atomic E-state index is 12.1. The van der Waals surface area contributed by atoms with E-state index >= 15 is 0 Å². The van der Waals surface area contributed by atoms with E-state index in [0.29, 0.717) is 11.8 Å². The minimum atomic E-state index is -0.476. The molecule has 1 aliphatic rings. The molecular weight excluding hydrogens is 318 g/mol. The molecule has 1 aromatic rings. The summed E-state index contributed by atoms with van der Waals surface area (Å²) in [6.07, 6.45) is 5.41. The summed E-state index contributed by atoms with van der Waals surface area (Å²) in [4.78, 5) is 12.1. The van der Waals surface area contributed by atoms with Crippen LogP contribution in [0.15, 0.2) is 22.7 Å². The molecule has 0 spiro atoms. The first-order valence-corrected chi connectivity index (χ1v) is 8.09. The third-order valence-electron chi connectivity index (χ3n) is 3.71. The third-order valence-corrected chi connectivity index (χ3v) is 4.33. The fraction of sp³-hybridized carbons (Fsp3) is 0.562. The van der Waals surface area contributed by atoms with Crippen molar-refractivity contribution in [3.63, 3.8) is 0 Å². The first-order valence-electron chi connectivity index (χ1n) is 7.29. The van der Waals surface area contributed by atoms with Gasteiger partial charge in [0.05, 0.1) is 4.47 Å². The summed E-state index contributed by atoms with van der Waals surface area (Å²) in [5.74, 6) is 0.686. The molecule has 0 bridgehead atoms. The fourth-order valence-corrected chi connectivity index (χ4v) is 3.10. The van der Waals surface area contributed by atoms with Gasteiger partial charge in [0.25, 0.3) is 5.91 Å². The normalized spacial score (nSPS) is 17.6. The van der Waals surface area contributed by atoms with Crippen LogP contribution in [-0.4, -0.2) is 18.1 Å². The molecule has 0 aliphatic heterocycles. The van der Waals surface area contributed by atoms with E-state index in [1.54, 1.807) is 6.92 Å². The Labute approximate surface area is 129 Å². The summed E-state index contributed by atoms with van der Waals surface area (Å²) in [5.41, 5.74) is 1.16. The zero-order valence-corrected chi connectivity index (χ0v) is 13.7. The van der Waals surface area contributed by atoms with Gasteiger partial charge in [0.1, 0.15) is 5.75 Å². The average molecular weight is 340 g/mol. The van der Waals surface area contributed by atoms with Crippen LogP contribution in [0.3, 0.4) is 0 Å². The molecule has 1 N–H and O–H groups in total. The Morgan fingerprint density at radius 3 is 2.70 bits per heavy atom. The lowest BCUT2D eigenvalue weighted by atomic mass is 9.95. The van der Waals surface area contributed by atoms with E-state index in [1.807, 2.05) is 25.1 Å². The molecule has 1 atom stereocenters. The number of halogens is 1. The quantitative estimate of drug-likeness (QED) is 0.901. The highest BCUT2D eigenvalue weighted by molar-refractivity contribution is 9.10. The summed E-state index contributed by atoms with van der Waals surface area (Å²) in [7, 11) is 0. The van der Waals surface area contributed by atoms with E-state index in [2.05, 4.69) is 21.2 Å². The van der Waals surface area contributed by atoms with Gasteiger partial charge in [0, 0.05) is 6.04 Å². The molecule has 0 radical (unpaired) electrons. The van der Waals surface area contributed by atoms with Gasteiger partial charge in [-0.15, -0.1) is 0 Å². The number of hydrogen-bond donors (Lipinski definition) is 1. The third kappa shape index (κ3) is 4.23. The summed E-state index contributed by atoms with van der Waals surface area (Å²) < 4.78 is 6.63. The number of aryl methyl sites for hydroxylation is 1. The molecule has 1 fully saturated rings. The van der Waals surface area contributed by atoms with Crippen molar-refractivity contribution in [1.29, 1.82) is 0 Å². The summed E-state index contributed by atoms with van der Waals surface area (Å²) in [5, 5.41) is 3.09. The lowest BCUT2D eigenvalue weighted by Crippen LogP contribution is -2.43. The Morgan fingerprint density at radius 1 is 1.35 bits per heavy atom. The Kier molecular flexibility index (Phi) is 5.46. The van der Waals surface area contributed by atoms with Crippen LogP contribution in [0.25, 0.3) is 0 Å². The smallest absolute Gasteiger partial charge is 0.260 e. The molecule has 0 heterocycles. The van der Waals surface area contributed by atoms with Crippen LogP contribution < -0.4 is 10.1 Å². The van der Waals surface area contributed by atoms with Crippen LogP contribution in [0.2, 0.25) is 0 Å². The van der Waals surface area contributed by atoms with Gasteiger partial charge in [0.15, 0.2) is 6.10 Å². The second kappa shape index (κ2) is 7.11. The number of ether oxygens (including phenoxy) is 1. The number of rotatable bonds is 4. The van der Waals surface area contributed by atoms with Crippen LogP contribution >= 0.6 is 15.9 Å². The number of hydrogen-bond acceptors (Lipinski definition) is 2. The van der Waals surface area contributed by atoms with E-state index in [0.717, 1.165) is 22.9 Å². The summed E-state index contributed by atoms with van der Waals surface area (Å²) >= 11 is 3.47. The molecule has 1 aliphatic carbocycles. The number of carbonyl (C=O) groups excluding carboxylic acids is 1. The summed E-state index contributed by atoms with van der Waals surface area (Å²) in [6.45, 7) is 3.82. The molecule has 2 rings (SSSR count). The second-order valence-electron chi connectivity index (χ2n) is 5.54. The Bertz CT molecular complexity index is 470. The van der Waals surface area contributed by atoms with Gasteiger partial charge in [-0.2, -0.15) is 0 Å². The molecule has 4 heteroatoms. The van der Waals surface area contributed by atoms with Crippen LogP contribution in [0, 0.1) is 6.92 Å². The van der Waals surface area contributed by atoms with Crippen molar-refractivity contribution in [2.24, 2.45) is 0 Å². The lowest BCUT2D eigenvalue weighted by Gasteiger charge is -2.24. The molecule has 0 saturated heterocycles. The molecule has 20 heavy (non-hydrogen) atoms. The molecule has 1 aromatic carbocycles. The topological polar surface area (TPSA) is 38.3 Å². The van der Waals surface area contributed by atoms with Gasteiger partial charge in [0.2, 0.25) is 0 Å². The van der Waals surface area contributed by atoms with E-state index in [1.165, 1.54) is 19.3 Å². The molecule has 110 valence electrons. The van der Waals surface area contributed by atoms with Crippen molar-refractivity contribution >= 4 is 21.8 Å². The van der Waals surface area contributed by atoms with E-state index in [4.69, 9.17) is 4.74 Å². The maximum absolute atomic E-state index is 12.1. The van der Waals surface area contributed by atoms with Gasteiger partial charge in [-0.05, 0) is 60.3 Å². The Hall–Kier alpha value is -1.03. The number of carbonyl (C=O) groups is 1. The van der Waals surface area contributed by atoms with Gasteiger partial charge >= 0.3 is 0 Å². The predicted molar refractivity (Wildman–Crippen MR) is 84.0 cm³/mol. The van der Waals surface area contributed by atoms with Crippen LogP contribution in [0.5, 0.6) is 5.75 Å². The van der Waals surface area contributed by atoms with E-state index in [-0.39, 0.29) is 5.91 Å². The molecule has 0 aromatic heterocycles. The first-order chi connectivity index (χ1) is 9.56. The van der Waals surface area contributed by atoms with Crippen molar-refractivity contribution in [2.75, 3.05) is 0 Å². The van der Waals surface area contributed by atoms with Gasteiger partial charge in [-0.3, -0.25) is 4.79 Å². The molecule has 1 amide bonds. The maximum Gasteiger partial charge on any atom is 0.260 e. The first kappa shape index (κ1) is 15.4. The Balaban J connectivity index is 1.89. The van der Waals surface area contributed by atoms with Crippen molar-refractivity contribution in [2.45, 2.75) is 58.1 Å². The standard InChI is InChI=1S/C16H22BrNO2/c1-11-8-9-15(14(17)10-11)20-12(2)16(19)18-13-6-4-3-5-7-13/h8-10,12-13H,3-7H2,1-2H3,(H,18,19).